The summed E-state index contributed by atoms with van der Waals surface area (Å²) in [5.74, 6) is -0.794. The highest BCUT2D eigenvalue weighted by atomic mass is 19.4. The van der Waals surface area contributed by atoms with Crippen LogP contribution >= 0.6 is 0 Å². The van der Waals surface area contributed by atoms with Crippen molar-refractivity contribution in [3.8, 4) is 0 Å². The zero-order valence-electron chi connectivity index (χ0n) is 9.45. The van der Waals surface area contributed by atoms with Gasteiger partial charge in [0.15, 0.2) is 0 Å². The van der Waals surface area contributed by atoms with E-state index in [1.807, 2.05) is 0 Å². The van der Waals surface area contributed by atoms with Crippen LogP contribution in [-0.2, 0) is 0 Å². The summed E-state index contributed by atoms with van der Waals surface area (Å²) >= 11 is 0. The number of benzene rings is 1. The van der Waals surface area contributed by atoms with E-state index in [0.29, 0.717) is 11.1 Å². The third-order valence-electron chi connectivity index (χ3n) is 2.15. The minimum Gasteiger partial charge on any atom is -0.411 e. The van der Waals surface area contributed by atoms with Crippen molar-refractivity contribution in [1.29, 1.82) is 0 Å². The fraction of sp³-hybridized carbons (Fsp3) is 0.273. The highest BCUT2D eigenvalue weighted by Crippen LogP contribution is 2.14. The van der Waals surface area contributed by atoms with E-state index in [1.165, 1.54) is 18.2 Å². The summed E-state index contributed by atoms with van der Waals surface area (Å²) in [6.07, 6.45) is -3.28. The van der Waals surface area contributed by atoms with Crippen molar-refractivity contribution in [3.63, 3.8) is 0 Å². The van der Waals surface area contributed by atoms with Crippen molar-refractivity contribution >= 4 is 12.1 Å². The van der Waals surface area contributed by atoms with Crippen molar-refractivity contribution in [2.24, 2.45) is 5.16 Å². The number of alkyl halides is 3. The molecule has 0 aliphatic heterocycles. The largest absolute Gasteiger partial charge is 0.411 e. The smallest absolute Gasteiger partial charge is 0.405 e. The zero-order chi connectivity index (χ0) is 13.8. The van der Waals surface area contributed by atoms with Gasteiger partial charge >= 0.3 is 6.18 Å². The number of carbonyl (C=O) groups excluding carboxylic acids is 1. The Bertz CT molecular complexity index is 470. The van der Waals surface area contributed by atoms with Crippen molar-refractivity contribution in [1.82, 2.24) is 5.32 Å². The van der Waals surface area contributed by atoms with Crippen LogP contribution in [0.2, 0.25) is 0 Å². The van der Waals surface area contributed by atoms with E-state index in [4.69, 9.17) is 5.21 Å². The second-order valence-corrected chi connectivity index (χ2v) is 3.62. The van der Waals surface area contributed by atoms with Crippen LogP contribution < -0.4 is 5.32 Å². The van der Waals surface area contributed by atoms with E-state index in [9.17, 15) is 18.0 Å². The number of amides is 1. The molecule has 0 bridgehead atoms. The number of oxime groups is 1. The summed E-state index contributed by atoms with van der Waals surface area (Å²) in [5, 5.41) is 12.9. The summed E-state index contributed by atoms with van der Waals surface area (Å²) in [4.78, 5) is 11.5. The maximum absolute atomic E-state index is 11.9. The van der Waals surface area contributed by atoms with Gasteiger partial charge in [-0.15, -0.1) is 0 Å². The predicted molar refractivity (Wildman–Crippen MR) is 58.9 cm³/mol. The second-order valence-electron chi connectivity index (χ2n) is 3.62. The number of hydrogen-bond donors (Lipinski definition) is 2. The Kier molecular flexibility index (Phi) is 4.30. The van der Waals surface area contributed by atoms with Gasteiger partial charge in [-0.25, -0.2) is 0 Å². The van der Waals surface area contributed by atoms with Gasteiger partial charge in [0, 0.05) is 5.56 Å². The molecule has 0 saturated carbocycles. The van der Waals surface area contributed by atoms with Crippen LogP contribution in [0, 0.1) is 6.92 Å². The van der Waals surface area contributed by atoms with Crippen LogP contribution in [0.5, 0.6) is 0 Å². The molecule has 98 valence electrons. The Morgan fingerprint density at radius 1 is 1.50 bits per heavy atom. The van der Waals surface area contributed by atoms with Crippen LogP contribution in [0.4, 0.5) is 13.2 Å². The molecule has 1 rings (SSSR count). The average Bonchev–Trinajstić information content (AvgIpc) is 2.25. The molecule has 7 heteroatoms. The first kappa shape index (κ1) is 14.0. The fourth-order valence-corrected chi connectivity index (χ4v) is 1.36. The van der Waals surface area contributed by atoms with Crippen molar-refractivity contribution < 1.29 is 23.2 Å². The predicted octanol–water partition coefficient (Wildman–Crippen LogP) is 2.10. The number of aryl methyl sites for hydroxylation is 1. The van der Waals surface area contributed by atoms with Crippen LogP contribution in [0.25, 0.3) is 0 Å². The molecule has 0 spiro atoms. The quantitative estimate of drug-likeness (QED) is 0.496. The molecule has 0 aliphatic rings. The lowest BCUT2D eigenvalue weighted by Crippen LogP contribution is -2.34. The average molecular weight is 260 g/mol. The van der Waals surface area contributed by atoms with Crippen LogP contribution in [0.3, 0.4) is 0 Å². The van der Waals surface area contributed by atoms with E-state index in [2.05, 4.69) is 5.16 Å². The normalized spacial score (nSPS) is 11.8. The minimum atomic E-state index is -4.44. The van der Waals surface area contributed by atoms with Gasteiger partial charge in [0.2, 0.25) is 0 Å². The van der Waals surface area contributed by atoms with E-state index >= 15 is 0 Å². The second kappa shape index (κ2) is 5.52. The summed E-state index contributed by atoms with van der Waals surface area (Å²) < 4.78 is 35.8. The zero-order valence-corrected chi connectivity index (χ0v) is 9.45. The highest BCUT2D eigenvalue weighted by Gasteiger charge is 2.28. The molecule has 0 saturated heterocycles. The van der Waals surface area contributed by atoms with Gasteiger partial charge < -0.3 is 10.5 Å². The molecule has 0 unspecified atom stereocenters. The van der Waals surface area contributed by atoms with Gasteiger partial charge in [0.1, 0.15) is 6.54 Å². The van der Waals surface area contributed by atoms with Crippen molar-refractivity contribution in [2.75, 3.05) is 6.54 Å². The number of carbonyl (C=O) groups is 1. The Hall–Kier alpha value is -2.05. The third-order valence-corrected chi connectivity index (χ3v) is 2.15. The number of rotatable bonds is 3. The molecule has 18 heavy (non-hydrogen) atoms. The first-order valence-electron chi connectivity index (χ1n) is 4.96. The molecule has 1 aromatic carbocycles. The molecule has 1 amide bonds. The molecule has 0 aromatic heterocycles. The third kappa shape index (κ3) is 4.08. The molecular weight excluding hydrogens is 249 g/mol. The van der Waals surface area contributed by atoms with Crippen LogP contribution in [0.15, 0.2) is 23.4 Å². The maximum atomic E-state index is 11.9. The van der Waals surface area contributed by atoms with Gasteiger partial charge in [0.25, 0.3) is 5.91 Å². The molecule has 0 radical (unpaired) electrons. The maximum Gasteiger partial charge on any atom is 0.405 e. The molecule has 0 fully saturated rings. The molecule has 0 atom stereocenters. The summed E-state index contributed by atoms with van der Waals surface area (Å²) in [7, 11) is 0. The number of hydrogen-bond acceptors (Lipinski definition) is 3. The molecule has 0 heterocycles. The number of nitrogens with zero attached hydrogens (tertiary/aromatic N) is 1. The summed E-state index contributed by atoms with van der Waals surface area (Å²) in [6, 6.07) is 4.37. The van der Waals surface area contributed by atoms with Crippen molar-refractivity contribution in [2.45, 2.75) is 13.1 Å². The van der Waals surface area contributed by atoms with Crippen LogP contribution in [0.1, 0.15) is 21.5 Å². The standard InChI is InChI=1S/C11H11F3N2O2/c1-7-4-8(5-16-18)2-3-9(7)10(17)15-6-11(12,13)14/h2-5,18H,6H2,1H3,(H,15,17). The first-order valence-corrected chi connectivity index (χ1v) is 4.96. The number of nitrogens with one attached hydrogen (secondary N) is 1. The SMILES string of the molecule is Cc1cc(C=NO)ccc1C(=O)NCC(F)(F)F. The van der Waals surface area contributed by atoms with Gasteiger partial charge in [-0.3, -0.25) is 4.79 Å². The molecular formula is C11H11F3N2O2. The molecule has 4 nitrogen and oxygen atoms in total. The van der Waals surface area contributed by atoms with Crippen LogP contribution in [-0.4, -0.2) is 30.1 Å². The lowest BCUT2D eigenvalue weighted by atomic mass is 10.1. The van der Waals surface area contributed by atoms with E-state index in [0.717, 1.165) is 6.21 Å². The lowest BCUT2D eigenvalue weighted by Gasteiger charge is -2.10. The van der Waals surface area contributed by atoms with E-state index in [1.54, 1.807) is 12.2 Å². The minimum absolute atomic E-state index is 0.148. The van der Waals surface area contributed by atoms with Gasteiger partial charge in [-0.1, -0.05) is 11.2 Å². The monoisotopic (exact) mass is 260 g/mol. The Morgan fingerprint density at radius 2 is 2.17 bits per heavy atom. The molecule has 0 aliphatic carbocycles. The topological polar surface area (TPSA) is 61.7 Å². The Balaban J connectivity index is 2.81. The van der Waals surface area contributed by atoms with Gasteiger partial charge in [-0.2, -0.15) is 13.2 Å². The van der Waals surface area contributed by atoms with E-state index in [-0.39, 0.29) is 5.56 Å². The first-order chi connectivity index (χ1) is 8.33. The van der Waals surface area contributed by atoms with Crippen molar-refractivity contribution in [3.05, 3.63) is 34.9 Å². The van der Waals surface area contributed by atoms with Gasteiger partial charge in [-0.05, 0) is 30.2 Å². The lowest BCUT2D eigenvalue weighted by molar-refractivity contribution is -0.123. The Morgan fingerprint density at radius 3 is 2.67 bits per heavy atom. The highest BCUT2D eigenvalue weighted by molar-refractivity contribution is 5.96. The number of halogens is 3. The summed E-state index contributed by atoms with van der Waals surface area (Å²) in [6.45, 7) is 0.211. The van der Waals surface area contributed by atoms with Gasteiger partial charge in [0.05, 0.1) is 6.21 Å². The fourth-order valence-electron chi connectivity index (χ4n) is 1.36. The molecule has 2 N–H and O–H groups in total. The summed E-state index contributed by atoms with van der Waals surface area (Å²) in [5.41, 5.74) is 1.18. The molecule has 1 aromatic rings. The van der Waals surface area contributed by atoms with E-state index < -0.39 is 18.6 Å². The Labute approximate surface area is 101 Å².